The number of alkyl halides is 1. The van der Waals surface area contributed by atoms with E-state index in [9.17, 15) is 9.18 Å². The summed E-state index contributed by atoms with van der Waals surface area (Å²) in [7, 11) is 0. The van der Waals surface area contributed by atoms with Crippen molar-refractivity contribution in [3.63, 3.8) is 0 Å². The second-order valence-corrected chi connectivity index (χ2v) is 4.70. The van der Waals surface area contributed by atoms with Crippen molar-refractivity contribution < 1.29 is 9.18 Å². The van der Waals surface area contributed by atoms with E-state index in [0.717, 1.165) is 12.8 Å². The van der Waals surface area contributed by atoms with E-state index in [-0.39, 0.29) is 18.1 Å². The Labute approximate surface area is 113 Å². The fourth-order valence-corrected chi connectivity index (χ4v) is 2.05. The van der Waals surface area contributed by atoms with Crippen molar-refractivity contribution in [2.75, 3.05) is 12.4 Å². The Morgan fingerprint density at radius 2 is 2.17 bits per heavy atom. The summed E-state index contributed by atoms with van der Waals surface area (Å²) in [4.78, 5) is 11.7. The lowest BCUT2D eigenvalue weighted by atomic mass is 10.0. The largest absolute Gasteiger partial charge is 0.356 e. The van der Waals surface area contributed by atoms with E-state index in [2.05, 4.69) is 12.2 Å². The maximum Gasteiger partial charge on any atom is 0.224 e. The Kier molecular flexibility index (Phi) is 6.73. The molecule has 1 N–H and O–H groups in total. The first-order valence-corrected chi connectivity index (χ1v) is 6.76. The minimum Gasteiger partial charge on any atom is -0.356 e. The molecular weight excluding hydrogens is 253 g/mol. The number of hydrogen-bond donors (Lipinski definition) is 1. The normalized spacial score (nSPS) is 12.2. The van der Waals surface area contributed by atoms with Crippen molar-refractivity contribution in [1.82, 2.24) is 5.32 Å². The van der Waals surface area contributed by atoms with Gasteiger partial charge in [-0.2, -0.15) is 0 Å². The average Bonchev–Trinajstić information content (AvgIpc) is 2.37. The molecule has 4 heteroatoms. The van der Waals surface area contributed by atoms with Gasteiger partial charge in [0, 0.05) is 12.4 Å². The lowest BCUT2D eigenvalue weighted by Gasteiger charge is -2.14. The molecule has 0 spiro atoms. The monoisotopic (exact) mass is 271 g/mol. The smallest absolute Gasteiger partial charge is 0.224 e. The quantitative estimate of drug-likeness (QED) is 0.759. The summed E-state index contributed by atoms with van der Waals surface area (Å²) in [5.74, 6) is 0.516. The van der Waals surface area contributed by atoms with Crippen LogP contribution >= 0.6 is 11.6 Å². The van der Waals surface area contributed by atoms with Crippen molar-refractivity contribution in [1.29, 1.82) is 0 Å². The van der Waals surface area contributed by atoms with Gasteiger partial charge in [-0.05, 0) is 24.0 Å². The topological polar surface area (TPSA) is 29.1 Å². The van der Waals surface area contributed by atoms with Crippen LogP contribution in [-0.4, -0.2) is 18.3 Å². The second-order valence-electron chi connectivity index (χ2n) is 4.32. The molecule has 0 radical (unpaired) electrons. The van der Waals surface area contributed by atoms with Gasteiger partial charge in [0.25, 0.3) is 0 Å². The standard InChI is InChI=1S/C14H19ClFNO/c1-2-11(7-8-15)10-17-14(18)9-12-5-3-4-6-13(12)16/h3-6,11H,2,7-10H2,1H3,(H,17,18). The molecule has 0 saturated heterocycles. The summed E-state index contributed by atoms with van der Waals surface area (Å²) in [5.41, 5.74) is 0.431. The molecule has 0 aliphatic carbocycles. The molecule has 1 unspecified atom stereocenters. The number of benzene rings is 1. The summed E-state index contributed by atoms with van der Waals surface area (Å²) in [6.45, 7) is 2.68. The minimum atomic E-state index is -0.333. The Balaban J connectivity index is 2.40. The highest BCUT2D eigenvalue weighted by molar-refractivity contribution is 6.17. The second kappa shape index (κ2) is 8.09. The highest BCUT2D eigenvalue weighted by Crippen LogP contribution is 2.09. The summed E-state index contributed by atoms with van der Waals surface area (Å²) in [6, 6.07) is 6.34. The molecule has 1 atom stereocenters. The molecule has 1 aromatic carbocycles. The number of amides is 1. The fourth-order valence-electron chi connectivity index (χ4n) is 1.74. The van der Waals surface area contributed by atoms with E-state index >= 15 is 0 Å². The van der Waals surface area contributed by atoms with Crippen LogP contribution in [0.3, 0.4) is 0 Å². The molecule has 18 heavy (non-hydrogen) atoms. The van der Waals surface area contributed by atoms with E-state index in [1.54, 1.807) is 18.2 Å². The number of halogens is 2. The molecule has 0 aliphatic rings. The van der Waals surface area contributed by atoms with Gasteiger partial charge in [0.2, 0.25) is 5.91 Å². The van der Waals surface area contributed by atoms with Crippen LogP contribution in [0.25, 0.3) is 0 Å². The van der Waals surface area contributed by atoms with Crippen LogP contribution in [-0.2, 0) is 11.2 Å². The molecule has 0 heterocycles. The number of carbonyl (C=O) groups is 1. The molecule has 2 nitrogen and oxygen atoms in total. The van der Waals surface area contributed by atoms with E-state index in [1.807, 2.05) is 0 Å². The first-order chi connectivity index (χ1) is 8.67. The van der Waals surface area contributed by atoms with E-state index in [0.29, 0.717) is 23.9 Å². The highest BCUT2D eigenvalue weighted by atomic mass is 35.5. The number of nitrogens with one attached hydrogen (secondary N) is 1. The number of rotatable bonds is 7. The summed E-state index contributed by atoms with van der Waals surface area (Å²) >= 11 is 5.68. The van der Waals surface area contributed by atoms with Gasteiger partial charge in [-0.25, -0.2) is 4.39 Å². The van der Waals surface area contributed by atoms with Crippen LogP contribution in [0, 0.1) is 11.7 Å². The van der Waals surface area contributed by atoms with Gasteiger partial charge in [0.05, 0.1) is 6.42 Å². The molecule has 0 saturated carbocycles. The fraction of sp³-hybridized carbons (Fsp3) is 0.500. The zero-order chi connectivity index (χ0) is 13.4. The molecule has 0 aliphatic heterocycles. The molecule has 0 fully saturated rings. The van der Waals surface area contributed by atoms with Crippen molar-refractivity contribution in [2.45, 2.75) is 26.2 Å². The van der Waals surface area contributed by atoms with Crippen molar-refractivity contribution in [3.05, 3.63) is 35.6 Å². The molecule has 0 aromatic heterocycles. The zero-order valence-corrected chi connectivity index (χ0v) is 11.3. The van der Waals surface area contributed by atoms with Gasteiger partial charge < -0.3 is 5.32 Å². The maximum atomic E-state index is 13.3. The third-order valence-electron chi connectivity index (χ3n) is 2.99. The molecule has 0 bridgehead atoms. The van der Waals surface area contributed by atoms with Gasteiger partial charge in [-0.1, -0.05) is 31.5 Å². The van der Waals surface area contributed by atoms with Crippen molar-refractivity contribution in [2.24, 2.45) is 5.92 Å². The molecule has 1 rings (SSSR count). The van der Waals surface area contributed by atoms with Crippen LogP contribution in [0.1, 0.15) is 25.3 Å². The summed E-state index contributed by atoms with van der Waals surface area (Å²) in [5, 5.41) is 2.83. The summed E-state index contributed by atoms with van der Waals surface area (Å²) < 4.78 is 13.3. The maximum absolute atomic E-state index is 13.3. The van der Waals surface area contributed by atoms with E-state index in [4.69, 9.17) is 11.6 Å². The lowest BCUT2D eigenvalue weighted by molar-refractivity contribution is -0.120. The van der Waals surface area contributed by atoms with Gasteiger partial charge >= 0.3 is 0 Å². The summed E-state index contributed by atoms with van der Waals surface area (Å²) in [6.07, 6.45) is 1.95. The third kappa shape index (κ3) is 5.05. The Hall–Kier alpha value is -1.09. The Morgan fingerprint density at radius 3 is 2.78 bits per heavy atom. The highest BCUT2D eigenvalue weighted by Gasteiger charge is 2.10. The molecular formula is C14H19ClFNO. The van der Waals surface area contributed by atoms with E-state index < -0.39 is 0 Å². The van der Waals surface area contributed by atoms with Crippen molar-refractivity contribution in [3.8, 4) is 0 Å². The van der Waals surface area contributed by atoms with Gasteiger partial charge in [0.15, 0.2) is 0 Å². The molecule has 1 amide bonds. The third-order valence-corrected chi connectivity index (χ3v) is 3.21. The number of carbonyl (C=O) groups excluding carboxylic acids is 1. The van der Waals surface area contributed by atoms with Crippen LogP contribution < -0.4 is 5.32 Å². The SMILES string of the molecule is CCC(CCCl)CNC(=O)Cc1ccccc1F. The van der Waals surface area contributed by atoms with Crippen LogP contribution in [0.15, 0.2) is 24.3 Å². The van der Waals surface area contributed by atoms with Crippen LogP contribution in [0.2, 0.25) is 0 Å². The minimum absolute atomic E-state index is 0.0873. The number of hydrogen-bond acceptors (Lipinski definition) is 1. The van der Waals surface area contributed by atoms with Gasteiger partial charge in [-0.3, -0.25) is 4.79 Å². The first-order valence-electron chi connectivity index (χ1n) is 6.23. The zero-order valence-electron chi connectivity index (χ0n) is 10.6. The Morgan fingerprint density at radius 1 is 1.44 bits per heavy atom. The predicted molar refractivity (Wildman–Crippen MR) is 72.2 cm³/mol. The van der Waals surface area contributed by atoms with Gasteiger partial charge in [0.1, 0.15) is 5.82 Å². The average molecular weight is 272 g/mol. The predicted octanol–water partition coefficient (Wildman–Crippen LogP) is 3.14. The van der Waals surface area contributed by atoms with Crippen LogP contribution in [0.5, 0.6) is 0 Å². The van der Waals surface area contributed by atoms with Gasteiger partial charge in [-0.15, -0.1) is 11.6 Å². The van der Waals surface area contributed by atoms with Crippen LogP contribution in [0.4, 0.5) is 4.39 Å². The molecule has 100 valence electrons. The molecule has 1 aromatic rings. The Bertz CT molecular complexity index is 384. The van der Waals surface area contributed by atoms with Crippen molar-refractivity contribution >= 4 is 17.5 Å². The lowest BCUT2D eigenvalue weighted by Crippen LogP contribution is -2.30. The van der Waals surface area contributed by atoms with E-state index in [1.165, 1.54) is 6.07 Å². The first kappa shape index (κ1) is 15.0.